The van der Waals surface area contributed by atoms with Gasteiger partial charge >= 0.3 is 5.97 Å². The van der Waals surface area contributed by atoms with E-state index in [1.807, 2.05) is 0 Å². The lowest BCUT2D eigenvalue weighted by molar-refractivity contribution is 0.0600. The molecule has 1 aromatic heterocycles. The van der Waals surface area contributed by atoms with Crippen LogP contribution in [0.5, 0.6) is 0 Å². The minimum atomic E-state index is -0.494. The van der Waals surface area contributed by atoms with Gasteiger partial charge in [0.2, 0.25) is 0 Å². The molecule has 16 heavy (non-hydrogen) atoms. The second-order valence-corrected chi connectivity index (χ2v) is 3.43. The number of esters is 1. The number of aryl methyl sites for hydroxylation is 1. The zero-order valence-corrected chi connectivity index (χ0v) is 9.31. The number of pyridine rings is 1. The van der Waals surface area contributed by atoms with E-state index in [0.717, 1.165) is 12.8 Å². The van der Waals surface area contributed by atoms with Crippen molar-refractivity contribution in [2.24, 2.45) is 5.73 Å². The van der Waals surface area contributed by atoms with Crippen LogP contribution in [-0.2, 0) is 11.3 Å². The summed E-state index contributed by atoms with van der Waals surface area (Å²) >= 11 is 0. The maximum Gasteiger partial charge on any atom is 0.338 e. The molecular formula is C11H16N2O3. The van der Waals surface area contributed by atoms with Gasteiger partial charge in [0.05, 0.1) is 12.7 Å². The van der Waals surface area contributed by atoms with Gasteiger partial charge in [-0.05, 0) is 25.5 Å². The maximum absolute atomic E-state index is 11.6. The second kappa shape index (κ2) is 6.07. The Morgan fingerprint density at radius 2 is 2.25 bits per heavy atom. The first kappa shape index (κ1) is 12.4. The number of ether oxygens (including phenoxy) is 1. The van der Waals surface area contributed by atoms with Crippen molar-refractivity contribution in [3.05, 3.63) is 34.2 Å². The number of hydrogen-bond acceptors (Lipinski definition) is 4. The number of rotatable bonds is 5. The predicted molar refractivity (Wildman–Crippen MR) is 60.3 cm³/mol. The molecule has 0 aliphatic heterocycles. The van der Waals surface area contributed by atoms with Gasteiger partial charge in [-0.1, -0.05) is 0 Å². The van der Waals surface area contributed by atoms with Gasteiger partial charge in [-0.15, -0.1) is 0 Å². The van der Waals surface area contributed by atoms with E-state index in [1.54, 1.807) is 16.8 Å². The minimum absolute atomic E-state index is 0.195. The molecule has 0 saturated carbocycles. The van der Waals surface area contributed by atoms with E-state index in [-0.39, 0.29) is 11.1 Å². The average molecular weight is 224 g/mol. The van der Waals surface area contributed by atoms with Crippen LogP contribution in [0, 0.1) is 0 Å². The predicted octanol–water partition coefficient (Wildman–Crippen LogP) is 0.374. The van der Waals surface area contributed by atoms with Gasteiger partial charge in [-0.3, -0.25) is 4.79 Å². The minimum Gasteiger partial charge on any atom is -0.465 e. The van der Waals surface area contributed by atoms with Crippen LogP contribution in [0.2, 0.25) is 0 Å². The Kier molecular flexibility index (Phi) is 4.72. The molecule has 2 N–H and O–H groups in total. The summed E-state index contributed by atoms with van der Waals surface area (Å²) < 4.78 is 6.08. The number of hydrogen-bond donors (Lipinski definition) is 1. The second-order valence-electron chi connectivity index (χ2n) is 3.43. The summed E-state index contributed by atoms with van der Waals surface area (Å²) in [5, 5.41) is 0. The molecule has 0 bridgehead atoms. The third kappa shape index (κ3) is 3.20. The smallest absolute Gasteiger partial charge is 0.338 e. The van der Waals surface area contributed by atoms with E-state index in [2.05, 4.69) is 4.74 Å². The molecule has 0 amide bonds. The van der Waals surface area contributed by atoms with Crippen molar-refractivity contribution in [1.82, 2.24) is 4.57 Å². The summed E-state index contributed by atoms with van der Waals surface area (Å²) in [5.74, 6) is -0.494. The number of nitrogens with two attached hydrogens (primary N) is 1. The standard InChI is InChI=1S/C11H16N2O3/c1-16-11(15)9-4-7-13(10(14)8-9)6-3-2-5-12/h4,7-8H,2-3,5-6,12H2,1H3. The molecule has 1 heterocycles. The summed E-state index contributed by atoms with van der Waals surface area (Å²) in [7, 11) is 1.29. The zero-order valence-electron chi connectivity index (χ0n) is 9.31. The molecule has 0 aliphatic carbocycles. The molecule has 1 rings (SSSR count). The van der Waals surface area contributed by atoms with E-state index in [9.17, 15) is 9.59 Å². The molecule has 1 aromatic rings. The lowest BCUT2D eigenvalue weighted by Gasteiger charge is -2.05. The van der Waals surface area contributed by atoms with Gasteiger partial charge in [0.15, 0.2) is 0 Å². The number of unbranched alkanes of at least 4 members (excludes halogenated alkanes) is 1. The van der Waals surface area contributed by atoms with Crippen LogP contribution in [0.15, 0.2) is 23.1 Å². The fourth-order valence-corrected chi connectivity index (χ4v) is 1.36. The van der Waals surface area contributed by atoms with E-state index < -0.39 is 5.97 Å². The van der Waals surface area contributed by atoms with Gasteiger partial charge in [-0.2, -0.15) is 0 Å². The molecule has 5 nitrogen and oxygen atoms in total. The highest BCUT2D eigenvalue weighted by atomic mass is 16.5. The molecule has 0 radical (unpaired) electrons. The van der Waals surface area contributed by atoms with Crippen molar-refractivity contribution in [2.75, 3.05) is 13.7 Å². The number of aromatic nitrogens is 1. The fraction of sp³-hybridized carbons (Fsp3) is 0.455. The van der Waals surface area contributed by atoms with Gasteiger partial charge in [0.25, 0.3) is 5.56 Å². The summed E-state index contributed by atoms with van der Waals surface area (Å²) in [4.78, 5) is 22.7. The number of carbonyl (C=O) groups is 1. The Balaban J connectivity index is 2.76. The quantitative estimate of drug-likeness (QED) is 0.579. The summed E-state index contributed by atoms with van der Waals surface area (Å²) in [6, 6.07) is 2.87. The maximum atomic E-state index is 11.6. The highest BCUT2D eigenvalue weighted by Gasteiger charge is 2.06. The monoisotopic (exact) mass is 224 g/mol. The molecule has 88 valence electrons. The first-order valence-corrected chi connectivity index (χ1v) is 5.18. The van der Waals surface area contributed by atoms with Crippen molar-refractivity contribution >= 4 is 5.97 Å². The van der Waals surface area contributed by atoms with Crippen LogP contribution >= 0.6 is 0 Å². The lowest BCUT2D eigenvalue weighted by Crippen LogP contribution is -2.21. The van der Waals surface area contributed by atoms with Crippen molar-refractivity contribution in [2.45, 2.75) is 19.4 Å². The number of nitrogens with zero attached hydrogens (tertiary/aromatic N) is 1. The van der Waals surface area contributed by atoms with Gasteiger partial charge in [0.1, 0.15) is 0 Å². The molecule has 0 aromatic carbocycles. The Morgan fingerprint density at radius 3 is 2.81 bits per heavy atom. The number of carbonyl (C=O) groups excluding carboxylic acids is 1. The summed E-state index contributed by atoms with van der Waals surface area (Å²) in [5.41, 5.74) is 5.45. The summed E-state index contributed by atoms with van der Waals surface area (Å²) in [6.07, 6.45) is 3.34. The Hall–Kier alpha value is -1.62. The van der Waals surface area contributed by atoms with Gasteiger partial charge in [0, 0.05) is 18.8 Å². The third-order valence-electron chi connectivity index (χ3n) is 2.27. The molecule has 0 fully saturated rings. The van der Waals surface area contributed by atoms with E-state index in [0.29, 0.717) is 13.1 Å². The zero-order chi connectivity index (χ0) is 12.0. The molecular weight excluding hydrogens is 208 g/mol. The largest absolute Gasteiger partial charge is 0.465 e. The van der Waals surface area contributed by atoms with Gasteiger partial charge in [-0.25, -0.2) is 4.79 Å². The first-order valence-electron chi connectivity index (χ1n) is 5.18. The topological polar surface area (TPSA) is 74.3 Å². The highest BCUT2D eigenvalue weighted by Crippen LogP contribution is 1.98. The molecule has 0 atom stereocenters. The SMILES string of the molecule is COC(=O)c1ccn(CCCCN)c(=O)c1. The van der Waals surface area contributed by atoms with Crippen molar-refractivity contribution < 1.29 is 9.53 Å². The third-order valence-corrected chi connectivity index (χ3v) is 2.27. The summed E-state index contributed by atoms with van der Waals surface area (Å²) in [6.45, 7) is 1.24. The van der Waals surface area contributed by atoms with Crippen LogP contribution < -0.4 is 11.3 Å². The van der Waals surface area contributed by atoms with Crippen molar-refractivity contribution in [3.8, 4) is 0 Å². The number of methoxy groups -OCH3 is 1. The Labute approximate surface area is 93.8 Å². The Bertz CT molecular complexity index is 412. The van der Waals surface area contributed by atoms with E-state index in [4.69, 9.17) is 5.73 Å². The molecule has 5 heteroatoms. The Morgan fingerprint density at radius 1 is 1.50 bits per heavy atom. The van der Waals surface area contributed by atoms with Crippen LogP contribution in [0.25, 0.3) is 0 Å². The van der Waals surface area contributed by atoms with E-state index >= 15 is 0 Å². The fourth-order valence-electron chi connectivity index (χ4n) is 1.36. The first-order chi connectivity index (χ1) is 7.69. The average Bonchev–Trinajstić information content (AvgIpc) is 2.30. The van der Waals surface area contributed by atoms with Crippen molar-refractivity contribution in [1.29, 1.82) is 0 Å². The molecule has 0 spiro atoms. The van der Waals surface area contributed by atoms with Crippen LogP contribution in [0.4, 0.5) is 0 Å². The molecule has 0 unspecified atom stereocenters. The molecule has 0 aliphatic rings. The van der Waals surface area contributed by atoms with Gasteiger partial charge < -0.3 is 15.0 Å². The van der Waals surface area contributed by atoms with Crippen LogP contribution in [-0.4, -0.2) is 24.2 Å². The van der Waals surface area contributed by atoms with Crippen LogP contribution in [0.3, 0.4) is 0 Å². The molecule has 0 saturated heterocycles. The normalized spacial score (nSPS) is 10.1. The van der Waals surface area contributed by atoms with E-state index in [1.165, 1.54) is 13.2 Å². The van der Waals surface area contributed by atoms with Crippen LogP contribution in [0.1, 0.15) is 23.2 Å². The van der Waals surface area contributed by atoms with Crippen molar-refractivity contribution in [3.63, 3.8) is 0 Å². The highest BCUT2D eigenvalue weighted by molar-refractivity contribution is 5.88. The lowest BCUT2D eigenvalue weighted by atomic mass is 10.2.